The minimum atomic E-state index is -0.752. The number of quaternary nitrogens is 2. The molecule has 0 bridgehead atoms. The van der Waals surface area contributed by atoms with Crippen LogP contribution >= 0.6 is 35.0 Å². The van der Waals surface area contributed by atoms with Gasteiger partial charge >= 0.3 is 150 Å². The number of nitrogens with zero attached hydrogens (tertiary/aromatic N) is 8. The summed E-state index contributed by atoms with van der Waals surface area (Å²) in [6, 6.07) is 39.0. The van der Waals surface area contributed by atoms with Gasteiger partial charge < -0.3 is 116 Å². The number of nitro groups is 2. The number of para-hydroxylation sites is 4. The zero-order valence-electron chi connectivity index (χ0n) is 80.5. The van der Waals surface area contributed by atoms with E-state index in [1.54, 1.807) is 62.8 Å². The van der Waals surface area contributed by atoms with E-state index in [4.69, 9.17) is 51.7 Å². The topological polar surface area (TPSA) is 494 Å². The van der Waals surface area contributed by atoms with E-state index in [9.17, 15) is 58.2 Å². The van der Waals surface area contributed by atoms with E-state index in [0.717, 1.165) is 78.2 Å². The quantitative estimate of drug-likeness (QED) is 0.00343. The predicted molar refractivity (Wildman–Crippen MR) is 505 cm³/mol. The number of hydrogen-bond donors (Lipinski definition) is 6. The van der Waals surface area contributed by atoms with Crippen LogP contribution < -0.4 is 177 Å². The van der Waals surface area contributed by atoms with Crippen molar-refractivity contribution in [3.8, 4) is 0 Å². The van der Waals surface area contributed by atoms with E-state index in [0.29, 0.717) is 107 Å². The zero-order chi connectivity index (χ0) is 95.6. The molecule has 0 saturated heterocycles. The van der Waals surface area contributed by atoms with Crippen molar-refractivity contribution in [1.82, 2.24) is 34.0 Å². The maximum Gasteiger partial charge on any atom is 1.00 e. The molecule has 35 nitrogen and oxygen atoms in total. The normalized spacial score (nSPS) is 9.92. The number of rotatable bonds is 28. The third kappa shape index (κ3) is 43.6. The Kier molecular flexibility index (Phi) is 67.0. The molecule has 0 radical (unpaired) electrons. The molecule has 4 aromatic heterocycles. The second kappa shape index (κ2) is 69.3. The van der Waals surface area contributed by atoms with Gasteiger partial charge in [0.15, 0.2) is 0 Å². The number of carbonyl (C=O) groups excluding carboxylic acids is 7. The molecule has 11 N–H and O–H groups in total. The summed E-state index contributed by atoms with van der Waals surface area (Å²) in [6.45, 7) is 27.0. The fourth-order valence-electron chi connectivity index (χ4n) is 12.9. The number of nitrogens with one attached hydrogen (secondary N) is 3. The Balaban J connectivity index is -0.000000480. The number of H-pyrrole nitrogens is 1. The summed E-state index contributed by atoms with van der Waals surface area (Å²) in [6.07, 6.45) is 5.60. The molecule has 11 aromatic rings. The molecule has 0 fully saturated rings. The van der Waals surface area contributed by atoms with Gasteiger partial charge in [-0.2, -0.15) is 4.39 Å². The molecule has 0 spiro atoms. The van der Waals surface area contributed by atoms with Gasteiger partial charge in [0.1, 0.15) is 12.2 Å². The van der Waals surface area contributed by atoms with Crippen molar-refractivity contribution in [3.05, 3.63) is 237 Å². The van der Waals surface area contributed by atoms with Crippen LogP contribution in [0.3, 0.4) is 0 Å². The van der Waals surface area contributed by atoms with E-state index in [1.165, 1.54) is 58.1 Å². The van der Waals surface area contributed by atoms with Crippen molar-refractivity contribution in [1.29, 1.82) is 0 Å². The Labute approximate surface area is 888 Å². The number of imidazole rings is 2. The van der Waals surface area contributed by atoms with Crippen molar-refractivity contribution in [2.75, 3.05) is 95.1 Å². The zero-order valence-corrected chi connectivity index (χ0v) is 89.9. The number of halogens is 4. The van der Waals surface area contributed by atoms with Crippen LogP contribution in [-0.2, 0) is 102 Å². The van der Waals surface area contributed by atoms with Crippen LogP contribution in [-0.4, -0.2) is 164 Å². The number of fused-ring (bicyclic) bond motifs is 4. The van der Waals surface area contributed by atoms with Crippen LogP contribution in [0.4, 0.5) is 32.8 Å². The third-order valence-corrected chi connectivity index (χ3v) is 18.2. The number of carbonyl (C=O) groups is 7. The second-order valence-corrected chi connectivity index (χ2v) is 28.6. The van der Waals surface area contributed by atoms with Crippen molar-refractivity contribution >= 4 is 150 Å². The summed E-state index contributed by atoms with van der Waals surface area (Å²) in [5, 5.41) is 46.3. The summed E-state index contributed by atoms with van der Waals surface area (Å²) >= 11 is 1.96. The smallest absolute Gasteiger partial charge is 1.00 e. The minimum absolute atomic E-state index is 0. The molecule has 131 heavy (non-hydrogen) atoms. The van der Waals surface area contributed by atoms with Crippen LogP contribution in [0.5, 0.6) is 0 Å². The molecule has 11 rings (SSSR count). The second-order valence-electron chi connectivity index (χ2n) is 28.6. The van der Waals surface area contributed by atoms with Crippen LogP contribution in [0.15, 0.2) is 149 Å². The van der Waals surface area contributed by atoms with Crippen molar-refractivity contribution in [2.45, 2.75) is 141 Å². The number of nitrogens with two attached hydrogens (primary N) is 2. The molecule has 41 heteroatoms. The SMILES string of the molecule is CCOC(=O)CCN.CCOC(=O)CCNc1c(C)cccc1N.CCOC(=O)CCNc1c(C)cccc1[N+](=O)[O-].CCOC(=O)CCn1c(=O)[nH]c2cccc(C)c21.CCOC(=O)CCn1c(=O)n(Cc2cn(C)c3cccc(C)c23)c2cccc(C)c21.Cc1cccc([N+](=O)[O-])c1F.Cc1cccc2c1c(C[N+](C)(C)C)cn2C.Cl.O=CO[O-].O=C[O-].[2H]CI.[H-].[I-].[K+].[K+].[NH4+]. The number of ether oxygens (including phenoxy) is 5. The third-order valence-electron chi connectivity index (χ3n) is 18.2. The van der Waals surface area contributed by atoms with Gasteiger partial charge in [-0.05, 0) is 163 Å². The Morgan fingerprint density at radius 1 is 0.557 bits per heavy atom. The molecule has 7 aromatic carbocycles. The number of nitro benzene ring substituents is 2. The molecule has 0 atom stereocenters. The number of esters is 5. The van der Waals surface area contributed by atoms with Crippen LogP contribution in [0.2, 0.25) is 0 Å². The number of anilines is 3. The largest absolute Gasteiger partial charge is 1.00 e. The van der Waals surface area contributed by atoms with E-state index < -0.39 is 27.8 Å². The maximum absolute atomic E-state index is 13.4. The molecule has 0 amide bonds. The molecule has 4 heterocycles. The first-order valence-corrected chi connectivity index (χ1v) is 41.7. The van der Waals surface area contributed by atoms with Crippen LogP contribution in [0.25, 0.3) is 43.9 Å². The number of alkyl halides is 1. The molecular formula is C90H126ClFI2K2N14O21. The van der Waals surface area contributed by atoms with Crippen molar-refractivity contribution in [2.24, 2.45) is 19.8 Å². The summed E-state index contributed by atoms with van der Waals surface area (Å²) < 4.78 is 53.5. The van der Waals surface area contributed by atoms with Crippen LogP contribution in [0.1, 0.15) is 120 Å². The first-order chi connectivity index (χ1) is 60.3. The Morgan fingerprint density at radius 3 is 1.34 bits per heavy atom. The van der Waals surface area contributed by atoms with E-state index >= 15 is 0 Å². The summed E-state index contributed by atoms with van der Waals surface area (Å²) in [4.78, 5) is 124. The fourth-order valence-corrected chi connectivity index (χ4v) is 12.9. The number of nitrogen functional groups attached to an aromatic ring is 1. The first-order valence-electron chi connectivity index (χ1n) is 40.8. The first kappa shape index (κ1) is 127. The Bertz CT molecular complexity index is 5510. The summed E-state index contributed by atoms with van der Waals surface area (Å²) in [5.74, 6) is -2.05. The van der Waals surface area contributed by atoms with Gasteiger partial charge in [0.2, 0.25) is 5.82 Å². The van der Waals surface area contributed by atoms with Crippen molar-refractivity contribution in [3.63, 3.8) is 0 Å². The number of benzene rings is 7. The van der Waals surface area contributed by atoms with Gasteiger partial charge in [-0.15, -0.1) is 12.4 Å². The Morgan fingerprint density at radius 2 is 0.916 bits per heavy atom. The average Bonchev–Trinajstić information content (AvgIpc) is 1.60. The molecular weight excluding hydrogens is 2000 g/mol. The Hall–Kier alpha value is -8.56. The van der Waals surface area contributed by atoms with E-state index in [2.05, 4.69) is 125 Å². The van der Waals surface area contributed by atoms with Crippen molar-refractivity contribution < 1.29 is 221 Å². The maximum atomic E-state index is 13.4. The number of carboxylic acid groups (broad SMARTS) is 1. The van der Waals surface area contributed by atoms with Gasteiger partial charge in [-0.3, -0.25) is 62.7 Å². The summed E-state index contributed by atoms with van der Waals surface area (Å²) in [5.41, 5.74) is 27.4. The minimum Gasteiger partial charge on any atom is -1.00 e. The van der Waals surface area contributed by atoms with E-state index in [1.807, 2.05) is 110 Å². The molecule has 0 saturated carbocycles. The standard InChI is InChI=1S/C24H27N3O3.C14H21N2.C13H16N2O3.C12H16N2O4.C12H18N2O2.C7H6FNO2.C5H11NO2.CH3I.CH2O3.CH2O2.ClH.HI.2K.H3N.H/c1-5-30-21(28)12-13-26-23-17(3)9-7-11-20(23)27(24(26)29)15-18-14-25(4)19-10-6-8-16(2)22(18)19;1-11-7-6-8-13-14(11)12(9-15(13)2)10-16(3,4)5;1-3-18-11(16)7-8-15-12-9(2)5-4-6-10(12)14-13(15)17;1-3-18-11(15)7-8-13-12-9(2)5-4-6-10(12)14(16)17;1-3-16-11(15)7-8-14-12-9(2)5-4-6-10(12)13;1-5-3-2-4-6(7(5)8)9(10)11;1-2-8-5(7)3-4-6;1-2;2-1-4-3;2-1-3;;;;;;/h6-11,14H,5,12-13,15H2,1-4H3;6-9H,10H2,1-5H3;4-6H,3,7-8H2,1-2H3,(H,14,17);4-6,13H,3,7-8H2,1-2H3;4-6,14H,3,7-8,13H2,1-2H3;2-4H,1H3;2-4,6H2,1H3;1H3;1,3H;1H,(H,2,3);2*1H;;;1H3;/q;+1;;;;;;;;;;;2*+1;;-1/p-2/i;;;;;;;1D;;;;;;;;. The van der Waals surface area contributed by atoms with Gasteiger partial charge in [-0.1, -0.05) is 108 Å². The van der Waals surface area contributed by atoms with Gasteiger partial charge in [0, 0.05) is 107 Å². The number of hydrogen-bond acceptors (Lipinski definition) is 25. The molecule has 0 aliphatic heterocycles. The molecule has 0 unspecified atom stereocenters. The van der Waals surface area contributed by atoms with Gasteiger partial charge in [-0.25, -0.2) is 9.59 Å². The number of aryl methyl sites for hydroxylation is 11. The fraction of sp³-hybridized carbons (Fsp3) is 0.389. The molecule has 0 aliphatic rings. The van der Waals surface area contributed by atoms with Gasteiger partial charge in [0.05, 0.1) is 136 Å². The van der Waals surface area contributed by atoms with E-state index in [-0.39, 0.29) is 219 Å². The number of aromatic nitrogens is 6. The average molecular weight is 2130 g/mol. The van der Waals surface area contributed by atoms with Crippen LogP contribution in [0, 0.1) is 74.5 Å². The molecule has 0 aliphatic carbocycles. The molecule has 712 valence electrons. The summed E-state index contributed by atoms with van der Waals surface area (Å²) in [7, 11) is 10.9. The predicted octanol–water partition coefficient (Wildman–Crippen LogP) is 4.12. The number of aromatic amines is 1. The van der Waals surface area contributed by atoms with Gasteiger partial charge in [0.25, 0.3) is 12.2 Å². The monoisotopic (exact) mass is 2130 g/mol.